The fraction of sp³-hybridized carbons (Fsp3) is 0.261. The summed E-state index contributed by atoms with van der Waals surface area (Å²) in [5, 5.41) is 14.4. The maximum absolute atomic E-state index is 14.4. The zero-order valence-corrected chi connectivity index (χ0v) is 16.2. The van der Waals surface area contributed by atoms with Gasteiger partial charge in [-0.25, -0.2) is 13.9 Å². The Morgan fingerprint density at radius 2 is 1.80 bits per heavy atom. The van der Waals surface area contributed by atoms with Crippen molar-refractivity contribution >= 4 is 11.9 Å². The highest BCUT2D eigenvalue weighted by Gasteiger charge is 2.39. The van der Waals surface area contributed by atoms with Crippen LogP contribution in [0.1, 0.15) is 45.3 Å². The van der Waals surface area contributed by atoms with Gasteiger partial charge in [-0.05, 0) is 48.9 Å². The molecule has 1 aliphatic heterocycles. The van der Waals surface area contributed by atoms with E-state index in [-0.39, 0.29) is 5.69 Å². The number of rotatable bonds is 3. The Morgan fingerprint density at radius 1 is 1.03 bits per heavy atom. The highest BCUT2D eigenvalue weighted by molar-refractivity contribution is 5.97. The first-order valence-electron chi connectivity index (χ1n) is 10.0. The third-order valence-corrected chi connectivity index (χ3v) is 5.99. The average molecular weight is 405 g/mol. The van der Waals surface area contributed by atoms with Crippen molar-refractivity contribution in [3.8, 4) is 5.69 Å². The molecule has 0 fully saturated rings. The second-order valence-corrected chi connectivity index (χ2v) is 7.68. The minimum absolute atomic E-state index is 0.233. The molecule has 2 heterocycles. The van der Waals surface area contributed by atoms with E-state index in [0.29, 0.717) is 37.1 Å². The van der Waals surface area contributed by atoms with Gasteiger partial charge >= 0.3 is 5.97 Å². The Labute approximate surface area is 172 Å². The first kappa shape index (κ1) is 18.5. The van der Waals surface area contributed by atoms with E-state index in [9.17, 15) is 19.1 Å². The van der Waals surface area contributed by atoms with Crippen molar-refractivity contribution in [1.29, 1.82) is 0 Å². The number of halogens is 1. The zero-order valence-electron chi connectivity index (χ0n) is 16.2. The third kappa shape index (κ3) is 2.81. The monoisotopic (exact) mass is 405 g/mol. The van der Waals surface area contributed by atoms with Crippen LogP contribution in [0.15, 0.2) is 48.5 Å². The molecule has 2 aromatic carbocycles. The van der Waals surface area contributed by atoms with Crippen molar-refractivity contribution in [2.45, 2.75) is 31.7 Å². The summed E-state index contributed by atoms with van der Waals surface area (Å²) >= 11 is 0. The molecule has 0 saturated heterocycles. The number of carbonyl (C=O) groups is 2. The smallest absolute Gasteiger partial charge is 0.331 e. The summed E-state index contributed by atoms with van der Waals surface area (Å²) in [6.07, 6.45) is 2.82. The number of fused-ring (bicyclic) bond motifs is 2. The lowest BCUT2D eigenvalue weighted by Gasteiger charge is -2.34. The molecule has 2 aliphatic rings. The molecule has 1 aromatic heterocycles. The Hall–Kier alpha value is -3.48. The summed E-state index contributed by atoms with van der Waals surface area (Å²) in [6.45, 7) is 0.300. The summed E-state index contributed by atoms with van der Waals surface area (Å²) in [6, 6.07) is 12.6. The molecule has 0 bridgehead atoms. The zero-order chi connectivity index (χ0) is 20.8. The highest BCUT2D eigenvalue weighted by Crippen LogP contribution is 2.34. The topological polar surface area (TPSA) is 75.4 Å². The molecule has 0 spiro atoms. The molecule has 1 aliphatic carbocycles. The average Bonchev–Trinajstić information content (AvgIpc) is 3.36. The second-order valence-electron chi connectivity index (χ2n) is 7.68. The van der Waals surface area contributed by atoms with Crippen LogP contribution in [0, 0.1) is 5.82 Å². The van der Waals surface area contributed by atoms with Crippen LogP contribution in [0.5, 0.6) is 0 Å². The van der Waals surface area contributed by atoms with Gasteiger partial charge in [-0.2, -0.15) is 5.10 Å². The molecule has 0 radical (unpaired) electrons. The highest BCUT2D eigenvalue weighted by atomic mass is 19.1. The molecule has 0 unspecified atom stereocenters. The molecule has 1 N–H and O–H groups in total. The Bertz CT molecular complexity index is 1170. The number of carboxylic acids is 1. The van der Waals surface area contributed by atoms with Crippen molar-refractivity contribution in [3.05, 3.63) is 82.4 Å². The molecule has 3 aromatic rings. The van der Waals surface area contributed by atoms with Crippen molar-refractivity contribution in [2.24, 2.45) is 0 Å². The molecular formula is C23H20FN3O3. The van der Waals surface area contributed by atoms with E-state index >= 15 is 0 Å². The standard InChI is InChI=1S/C23H20FN3O3/c24-17-9-3-4-10-19(17)27-18-11-5-8-16(18)20(25-27)22(28)26-13-12-14-6-1-2-7-15(14)21(26)23(29)30/h1-4,6-7,9-10,21H,5,8,11-13H2,(H,29,30)/t21-/m0/s1. The lowest BCUT2D eigenvalue weighted by Crippen LogP contribution is -2.44. The number of carboxylic acid groups (broad SMARTS) is 1. The largest absolute Gasteiger partial charge is 0.479 e. The number of benzene rings is 2. The maximum atomic E-state index is 14.4. The maximum Gasteiger partial charge on any atom is 0.331 e. The lowest BCUT2D eigenvalue weighted by atomic mass is 9.92. The quantitative estimate of drug-likeness (QED) is 0.725. The van der Waals surface area contributed by atoms with Crippen molar-refractivity contribution in [3.63, 3.8) is 0 Å². The van der Waals surface area contributed by atoms with Crippen molar-refractivity contribution in [1.82, 2.24) is 14.7 Å². The molecular weight excluding hydrogens is 385 g/mol. The summed E-state index contributed by atoms with van der Waals surface area (Å²) in [5.74, 6) is -1.89. The van der Waals surface area contributed by atoms with E-state index in [0.717, 1.165) is 23.2 Å². The van der Waals surface area contributed by atoms with Gasteiger partial charge in [-0.15, -0.1) is 0 Å². The number of aromatic nitrogens is 2. The molecule has 7 heteroatoms. The van der Waals surface area contributed by atoms with Crippen molar-refractivity contribution in [2.75, 3.05) is 6.54 Å². The Morgan fingerprint density at radius 3 is 2.60 bits per heavy atom. The summed E-state index contributed by atoms with van der Waals surface area (Å²) in [7, 11) is 0. The van der Waals surface area contributed by atoms with Gasteiger partial charge in [0.15, 0.2) is 11.7 Å². The predicted molar refractivity (Wildman–Crippen MR) is 107 cm³/mol. The van der Waals surface area contributed by atoms with Crippen LogP contribution in [0.3, 0.4) is 0 Å². The fourth-order valence-corrected chi connectivity index (χ4v) is 4.62. The van der Waals surface area contributed by atoms with Crippen LogP contribution in [0.4, 0.5) is 4.39 Å². The molecule has 6 nitrogen and oxygen atoms in total. The normalized spacial score (nSPS) is 17.5. The van der Waals surface area contributed by atoms with E-state index in [1.165, 1.54) is 15.6 Å². The fourth-order valence-electron chi connectivity index (χ4n) is 4.62. The number of aliphatic carboxylic acids is 1. The summed E-state index contributed by atoms with van der Waals surface area (Å²) in [5.41, 5.74) is 3.73. The number of para-hydroxylation sites is 1. The molecule has 1 amide bonds. The Kier molecular flexibility index (Phi) is 4.38. The van der Waals surface area contributed by atoms with Crippen LogP contribution in [-0.2, 0) is 24.1 Å². The van der Waals surface area contributed by atoms with E-state index in [4.69, 9.17) is 0 Å². The van der Waals surface area contributed by atoms with E-state index in [1.54, 1.807) is 30.3 Å². The van der Waals surface area contributed by atoms with E-state index < -0.39 is 23.7 Å². The van der Waals surface area contributed by atoms with Crippen LogP contribution in [-0.4, -0.2) is 38.2 Å². The second kappa shape index (κ2) is 7.09. The number of nitrogens with zero attached hydrogens (tertiary/aromatic N) is 3. The van der Waals surface area contributed by atoms with Crippen LogP contribution >= 0.6 is 0 Å². The van der Waals surface area contributed by atoms with Gasteiger partial charge in [0.25, 0.3) is 5.91 Å². The van der Waals surface area contributed by atoms with Gasteiger partial charge in [0.05, 0.1) is 0 Å². The predicted octanol–water partition coefficient (Wildman–Crippen LogP) is 3.32. The number of amides is 1. The molecule has 30 heavy (non-hydrogen) atoms. The third-order valence-electron chi connectivity index (χ3n) is 5.99. The number of hydrogen-bond donors (Lipinski definition) is 1. The van der Waals surface area contributed by atoms with Gasteiger partial charge < -0.3 is 10.0 Å². The summed E-state index contributed by atoms with van der Waals surface area (Å²) < 4.78 is 15.9. The van der Waals surface area contributed by atoms with Crippen LogP contribution < -0.4 is 0 Å². The van der Waals surface area contributed by atoms with Gasteiger partial charge in [0.1, 0.15) is 11.5 Å². The van der Waals surface area contributed by atoms with Gasteiger partial charge in [-0.3, -0.25) is 4.79 Å². The van der Waals surface area contributed by atoms with Gasteiger partial charge in [-0.1, -0.05) is 36.4 Å². The summed E-state index contributed by atoms with van der Waals surface area (Å²) in [4.78, 5) is 27.0. The molecule has 152 valence electrons. The number of carbonyl (C=O) groups excluding carboxylic acids is 1. The van der Waals surface area contributed by atoms with Crippen molar-refractivity contribution < 1.29 is 19.1 Å². The molecule has 1 atom stereocenters. The first-order valence-corrected chi connectivity index (χ1v) is 10.0. The van der Waals surface area contributed by atoms with Gasteiger partial charge in [0, 0.05) is 17.8 Å². The van der Waals surface area contributed by atoms with Crippen LogP contribution in [0.2, 0.25) is 0 Å². The Balaban J connectivity index is 1.59. The minimum Gasteiger partial charge on any atom is -0.479 e. The molecule has 5 rings (SSSR count). The van der Waals surface area contributed by atoms with Gasteiger partial charge in [0.2, 0.25) is 0 Å². The number of hydrogen-bond acceptors (Lipinski definition) is 3. The first-order chi connectivity index (χ1) is 14.6. The lowest BCUT2D eigenvalue weighted by molar-refractivity contribution is -0.143. The van der Waals surface area contributed by atoms with E-state index in [2.05, 4.69) is 5.10 Å². The minimum atomic E-state index is -1.07. The van der Waals surface area contributed by atoms with E-state index in [1.807, 2.05) is 12.1 Å². The molecule has 0 saturated carbocycles. The SMILES string of the molecule is O=C(O)[C@@H]1c2ccccc2CCN1C(=O)c1nn(-c2ccccc2F)c2c1CCC2. The van der Waals surface area contributed by atoms with Crippen LogP contribution in [0.25, 0.3) is 5.69 Å².